The Kier molecular flexibility index (Phi) is 6.12. The first-order chi connectivity index (χ1) is 19.3. The van der Waals surface area contributed by atoms with Crippen molar-refractivity contribution < 1.29 is 15.0 Å². The molecular formula is C35H39N3O3. The highest BCUT2D eigenvalue weighted by molar-refractivity contribution is 6.11. The molecule has 2 aromatic heterocycles. The number of fused-ring (bicyclic) bond motifs is 4. The van der Waals surface area contributed by atoms with Gasteiger partial charge >= 0.3 is 0 Å². The number of carbonyl (C=O) groups is 1. The Labute approximate surface area is 240 Å². The van der Waals surface area contributed by atoms with E-state index >= 15 is 0 Å². The molecule has 5 N–H and O–H groups in total. The van der Waals surface area contributed by atoms with Gasteiger partial charge < -0.3 is 20.9 Å². The number of rotatable bonds is 4. The SMILES string of the molecule is Cc1c(-c2ccc(C(N)=O)c3[nH]c4c(c23)CCC(C(C)(C)O)C4)cccc1-n1cc2cc(C(C)(C)C)ccc2c1O. The average Bonchev–Trinajstić information content (AvgIpc) is 3.44. The minimum atomic E-state index is -0.787. The third-order valence-electron chi connectivity index (χ3n) is 9.11. The van der Waals surface area contributed by atoms with Crippen molar-refractivity contribution in [3.8, 4) is 22.7 Å². The topological polar surface area (TPSA) is 104 Å². The molecule has 2 heterocycles. The third kappa shape index (κ3) is 4.41. The molecule has 212 valence electrons. The molecule has 6 nitrogen and oxygen atoms in total. The largest absolute Gasteiger partial charge is 0.494 e. The van der Waals surface area contributed by atoms with Gasteiger partial charge in [0.25, 0.3) is 5.91 Å². The van der Waals surface area contributed by atoms with E-state index in [1.54, 1.807) is 6.07 Å². The second-order valence-electron chi connectivity index (χ2n) is 13.3. The first-order valence-corrected chi connectivity index (χ1v) is 14.4. The number of aliphatic hydroxyl groups is 1. The number of nitrogens with zero attached hydrogens (tertiary/aromatic N) is 1. The van der Waals surface area contributed by atoms with Crippen LogP contribution in [0.4, 0.5) is 0 Å². The van der Waals surface area contributed by atoms with Crippen LogP contribution in [0.2, 0.25) is 0 Å². The lowest BCUT2D eigenvalue weighted by atomic mass is 9.77. The first-order valence-electron chi connectivity index (χ1n) is 14.4. The standard InChI is InChI=1S/C35H39N3O3/c1-19-23(8-7-9-29(19)38-18-20-16-21(34(2,3)4)10-12-24(20)33(38)40)25-14-15-27(32(36)39)31-30(25)26-13-11-22(35(5,6)41)17-28(26)37-31/h7-10,12,14-16,18,22,37,40-41H,11,13,17H2,1-6H3,(H2,36,39). The van der Waals surface area contributed by atoms with Crippen LogP contribution in [0.25, 0.3) is 38.5 Å². The van der Waals surface area contributed by atoms with Crippen LogP contribution in [-0.4, -0.2) is 31.3 Å². The number of benzene rings is 3. The summed E-state index contributed by atoms with van der Waals surface area (Å²) >= 11 is 0. The third-order valence-corrected chi connectivity index (χ3v) is 9.11. The molecule has 0 aliphatic heterocycles. The second kappa shape index (κ2) is 9.25. The highest BCUT2D eigenvalue weighted by atomic mass is 16.3. The van der Waals surface area contributed by atoms with Crippen LogP contribution >= 0.6 is 0 Å². The number of hydrogen-bond acceptors (Lipinski definition) is 3. The Morgan fingerprint density at radius 1 is 1.05 bits per heavy atom. The van der Waals surface area contributed by atoms with Gasteiger partial charge in [-0.15, -0.1) is 0 Å². The molecule has 1 amide bonds. The predicted octanol–water partition coefficient (Wildman–Crippen LogP) is 7.07. The van der Waals surface area contributed by atoms with Crippen molar-refractivity contribution in [2.75, 3.05) is 0 Å². The van der Waals surface area contributed by atoms with E-state index in [0.29, 0.717) is 12.0 Å². The lowest BCUT2D eigenvalue weighted by Crippen LogP contribution is -2.34. The number of H-pyrrole nitrogens is 1. The summed E-state index contributed by atoms with van der Waals surface area (Å²) in [5.74, 6) is -0.131. The molecule has 0 bridgehead atoms. The second-order valence-corrected chi connectivity index (χ2v) is 13.3. The molecule has 0 saturated carbocycles. The van der Waals surface area contributed by atoms with Crippen LogP contribution in [0, 0.1) is 12.8 Å². The van der Waals surface area contributed by atoms with Crippen LogP contribution in [0.3, 0.4) is 0 Å². The molecule has 0 radical (unpaired) electrons. The summed E-state index contributed by atoms with van der Waals surface area (Å²) in [6.07, 6.45) is 4.39. The van der Waals surface area contributed by atoms with Crippen LogP contribution in [-0.2, 0) is 18.3 Å². The van der Waals surface area contributed by atoms with E-state index in [9.17, 15) is 15.0 Å². The summed E-state index contributed by atoms with van der Waals surface area (Å²) < 4.78 is 1.87. The monoisotopic (exact) mass is 549 g/mol. The van der Waals surface area contributed by atoms with Gasteiger partial charge in [-0.3, -0.25) is 9.36 Å². The van der Waals surface area contributed by atoms with Crippen molar-refractivity contribution in [1.82, 2.24) is 9.55 Å². The van der Waals surface area contributed by atoms with Crippen LogP contribution in [0.5, 0.6) is 5.88 Å². The molecule has 1 atom stereocenters. The fourth-order valence-electron chi connectivity index (χ4n) is 6.60. The maximum atomic E-state index is 12.4. The van der Waals surface area contributed by atoms with Gasteiger partial charge in [-0.2, -0.15) is 0 Å². The maximum absolute atomic E-state index is 12.4. The molecule has 41 heavy (non-hydrogen) atoms. The van der Waals surface area contributed by atoms with E-state index in [-0.39, 0.29) is 17.2 Å². The first kappa shape index (κ1) is 27.2. The lowest BCUT2D eigenvalue weighted by Gasteiger charge is -2.32. The van der Waals surface area contributed by atoms with E-state index in [0.717, 1.165) is 62.6 Å². The Hall–Kier alpha value is -4.03. The molecule has 0 fully saturated rings. The van der Waals surface area contributed by atoms with Crippen molar-refractivity contribution in [2.45, 2.75) is 71.8 Å². The number of aromatic nitrogens is 2. The summed E-state index contributed by atoms with van der Waals surface area (Å²) in [6, 6.07) is 16.2. The minimum Gasteiger partial charge on any atom is -0.494 e. The highest BCUT2D eigenvalue weighted by Gasteiger charge is 2.33. The van der Waals surface area contributed by atoms with E-state index < -0.39 is 11.5 Å². The number of hydrogen-bond donors (Lipinski definition) is 4. The maximum Gasteiger partial charge on any atom is 0.250 e. The fourth-order valence-corrected chi connectivity index (χ4v) is 6.60. The van der Waals surface area contributed by atoms with Crippen molar-refractivity contribution in [3.63, 3.8) is 0 Å². The van der Waals surface area contributed by atoms with E-state index in [4.69, 9.17) is 5.73 Å². The predicted molar refractivity (Wildman–Crippen MR) is 166 cm³/mol. The lowest BCUT2D eigenvalue weighted by molar-refractivity contribution is 0.0107. The summed E-state index contributed by atoms with van der Waals surface area (Å²) in [7, 11) is 0. The number of nitrogens with two attached hydrogens (primary N) is 1. The molecule has 6 rings (SSSR count). The highest BCUT2D eigenvalue weighted by Crippen LogP contribution is 2.43. The summed E-state index contributed by atoms with van der Waals surface area (Å²) in [6.45, 7) is 12.4. The van der Waals surface area contributed by atoms with Gasteiger partial charge in [0.15, 0.2) is 0 Å². The molecule has 6 heteroatoms. The molecule has 1 unspecified atom stereocenters. The zero-order chi connectivity index (χ0) is 29.4. The molecular weight excluding hydrogens is 510 g/mol. The Bertz CT molecular complexity index is 1840. The number of amides is 1. The van der Waals surface area contributed by atoms with Gasteiger partial charge in [-0.1, -0.05) is 45.0 Å². The normalized spacial score (nSPS) is 15.9. The summed E-state index contributed by atoms with van der Waals surface area (Å²) in [5.41, 5.74) is 13.7. The molecule has 1 aliphatic rings. The Balaban J connectivity index is 1.53. The van der Waals surface area contributed by atoms with Crippen molar-refractivity contribution >= 4 is 27.6 Å². The number of nitrogens with one attached hydrogen (secondary N) is 1. The van der Waals surface area contributed by atoms with Crippen molar-refractivity contribution in [3.05, 3.63) is 82.7 Å². The van der Waals surface area contributed by atoms with Gasteiger partial charge in [0.2, 0.25) is 5.88 Å². The zero-order valence-corrected chi connectivity index (χ0v) is 24.7. The average molecular weight is 550 g/mol. The Morgan fingerprint density at radius 3 is 2.49 bits per heavy atom. The van der Waals surface area contributed by atoms with Gasteiger partial charge in [-0.25, -0.2) is 0 Å². The summed E-state index contributed by atoms with van der Waals surface area (Å²) in [4.78, 5) is 16.0. The fraction of sp³-hybridized carbons (Fsp3) is 0.343. The van der Waals surface area contributed by atoms with E-state index in [1.165, 1.54) is 11.1 Å². The van der Waals surface area contributed by atoms with Gasteiger partial charge in [0, 0.05) is 28.0 Å². The number of primary amides is 1. The van der Waals surface area contributed by atoms with Crippen molar-refractivity contribution in [1.29, 1.82) is 0 Å². The van der Waals surface area contributed by atoms with Crippen LogP contribution in [0.15, 0.2) is 54.7 Å². The van der Waals surface area contributed by atoms with E-state index in [2.05, 4.69) is 50.9 Å². The van der Waals surface area contributed by atoms with Crippen LogP contribution < -0.4 is 5.73 Å². The smallest absolute Gasteiger partial charge is 0.250 e. The molecule has 1 aliphatic carbocycles. The number of aryl methyl sites for hydroxylation is 1. The van der Waals surface area contributed by atoms with Gasteiger partial charge in [0.1, 0.15) is 0 Å². The Morgan fingerprint density at radius 2 is 1.80 bits per heavy atom. The molecule has 0 saturated heterocycles. The number of carbonyl (C=O) groups excluding carboxylic acids is 1. The minimum absolute atomic E-state index is 0.00678. The zero-order valence-electron chi connectivity index (χ0n) is 24.7. The van der Waals surface area contributed by atoms with Gasteiger partial charge in [0.05, 0.1) is 22.4 Å². The quantitative estimate of drug-likeness (QED) is 0.193. The number of aromatic amines is 1. The number of aromatic hydroxyl groups is 1. The van der Waals surface area contributed by atoms with Gasteiger partial charge in [-0.05, 0) is 103 Å². The van der Waals surface area contributed by atoms with Crippen molar-refractivity contribution in [2.24, 2.45) is 11.7 Å². The van der Waals surface area contributed by atoms with E-state index in [1.807, 2.05) is 48.9 Å². The molecule has 0 spiro atoms. The molecule has 5 aromatic rings. The molecule has 3 aromatic carbocycles. The summed E-state index contributed by atoms with van der Waals surface area (Å²) in [5, 5.41) is 24.8. The van der Waals surface area contributed by atoms with Crippen LogP contribution in [0.1, 0.15) is 73.8 Å².